The predicted octanol–water partition coefficient (Wildman–Crippen LogP) is 4.08. The monoisotopic (exact) mass is 304 g/mol. The summed E-state index contributed by atoms with van der Waals surface area (Å²) >= 11 is 0. The van der Waals surface area contributed by atoms with Crippen LogP contribution in [0.3, 0.4) is 0 Å². The molecule has 1 rings (SSSR count). The van der Waals surface area contributed by atoms with E-state index in [4.69, 9.17) is 0 Å². The van der Waals surface area contributed by atoms with Crippen molar-refractivity contribution in [2.24, 2.45) is 0 Å². The first-order valence-corrected chi connectivity index (χ1v) is 7.84. The number of nitro groups is 1. The molecule has 0 aliphatic rings. The van der Waals surface area contributed by atoms with Gasteiger partial charge in [-0.2, -0.15) is 0 Å². The fourth-order valence-electron chi connectivity index (χ4n) is 2.09. The minimum absolute atomic E-state index is 0.0228. The highest BCUT2D eigenvalue weighted by atomic mass is 16.6. The van der Waals surface area contributed by atoms with Crippen molar-refractivity contribution in [3.8, 4) is 0 Å². The van der Waals surface area contributed by atoms with E-state index in [1.807, 2.05) is 0 Å². The molecule has 0 saturated heterocycles. The predicted molar refractivity (Wildman–Crippen MR) is 88.5 cm³/mol. The maximum atomic E-state index is 11.6. The van der Waals surface area contributed by atoms with Gasteiger partial charge in [-0.05, 0) is 18.1 Å². The maximum Gasteiger partial charge on any atom is 0.270 e. The standard InChI is InChI=1S/C17H24N2O3/c1-2-3-4-5-6-7-13-18-17(20)12-11-15-9-8-10-16(14-15)19(21)22/h8-12,14H,2-7,13H2,1H3,(H,18,20). The lowest BCUT2D eigenvalue weighted by Crippen LogP contribution is -2.21. The SMILES string of the molecule is CCCCCCCCNC(=O)C=Cc1cccc([N+](=O)[O-])c1. The number of hydrogen-bond acceptors (Lipinski definition) is 3. The number of rotatable bonds is 10. The number of nitrogens with one attached hydrogen (secondary N) is 1. The molecule has 0 bridgehead atoms. The molecule has 0 aliphatic heterocycles. The molecule has 0 heterocycles. The van der Waals surface area contributed by atoms with Gasteiger partial charge in [0.25, 0.3) is 5.69 Å². The molecule has 0 radical (unpaired) electrons. The second kappa shape index (κ2) is 10.5. The van der Waals surface area contributed by atoms with Crippen LogP contribution in [0.5, 0.6) is 0 Å². The fraction of sp³-hybridized carbons (Fsp3) is 0.471. The molecular formula is C17H24N2O3. The average Bonchev–Trinajstić information content (AvgIpc) is 2.52. The molecular weight excluding hydrogens is 280 g/mol. The van der Waals surface area contributed by atoms with Crippen LogP contribution in [0, 0.1) is 10.1 Å². The highest BCUT2D eigenvalue weighted by Crippen LogP contribution is 2.14. The Kier molecular flexibility index (Phi) is 8.57. The molecule has 0 fully saturated rings. The Morgan fingerprint density at radius 1 is 1.23 bits per heavy atom. The van der Waals surface area contributed by atoms with Gasteiger partial charge in [0, 0.05) is 24.8 Å². The number of benzene rings is 1. The molecule has 5 nitrogen and oxygen atoms in total. The van der Waals surface area contributed by atoms with E-state index in [1.165, 1.54) is 43.9 Å². The summed E-state index contributed by atoms with van der Waals surface area (Å²) in [7, 11) is 0. The number of nitro benzene ring substituents is 1. The third kappa shape index (κ3) is 7.57. The van der Waals surface area contributed by atoms with Crippen molar-refractivity contribution < 1.29 is 9.72 Å². The number of hydrogen-bond donors (Lipinski definition) is 1. The highest BCUT2D eigenvalue weighted by molar-refractivity contribution is 5.91. The van der Waals surface area contributed by atoms with Gasteiger partial charge >= 0.3 is 0 Å². The molecule has 0 unspecified atom stereocenters. The lowest BCUT2D eigenvalue weighted by Gasteiger charge is -2.02. The fourth-order valence-corrected chi connectivity index (χ4v) is 2.09. The van der Waals surface area contributed by atoms with Crippen molar-refractivity contribution in [2.45, 2.75) is 45.4 Å². The second-order valence-electron chi connectivity index (χ2n) is 5.24. The Labute approximate surface area is 131 Å². The Bertz CT molecular complexity index is 512. The molecule has 0 spiro atoms. The lowest BCUT2D eigenvalue weighted by molar-refractivity contribution is -0.384. The first-order valence-electron chi connectivity index (χ1n) is 7.84. The summed E-state index contributed by atoms with van der Waals surface area (Å²) in [4.78, 5) is 21.9. The summed E-state index contributed by atoms with van der Waals surface area (Å²) in [5.74, 6) is -0.167. The Hall–Kier alpha value is -2.17. The number of carbonyl (C=O) groups excluding carboxylic acids is 1. The summed E-state index contributed by atoms with van der Waals surface area (Å²) in [5, 5.41) is 13.5. The number of nitrogens with zero attached hydrogens (tertiary/aromatic N) is 1. The van der Waals surface area contributed by atoms with E-state index in [0.717, 1.165) is 12.8 Å². The Morgan fingerprint density at radius 3 is 2.68 bits per heavy atom. The summed E-state index contributed by atoms with van der Waals surface area (Å²) in [6, 6.07) is 6.20. The first kappa shape index (κ1) is 17.9. The van der Waals surface area contributed by atoms with E-state index < -0.39 is 4.92 Å². The van der Waals surface area contributed by atoms with E-state index >= 15 is 0 Å². The van der Waals surface area contributed by atoms with Gasteiger partial charge in [0.2, 0.25) is 5.91 Å². The summed E-state index contributed by atoms with van der Waals surface area (Å²) in [6.07, 6.45) is 10.1. The van der Waals surface area contributed by atoms with Crippen LogP contribution in [-0.4, -0.2) is 17.4 Å². The van der Waals surface area contributed by atoms with E-state index in [9.17, 15) is 14.9 Å². The molecule has 1 N–H and O–H groups in total. The molecule has 5 heteroatoms. The third-order valence-corrected chi connectivity index (χ3v) is 3.34. The largest absolute Gasteiger partial charge is 0.353 e. The van der Waals surface area contributed by atoms with Crippen LogP contribution in [0.25, 0.3) is 6.08 Å². The minimum atomic E-state index is -0.448. The van der Waals surface area contributed by atoms with E-state index in [2.05, 4.69) is 12.2 Å². The van der Waals surface area contributed by atoms with Gasteiger partial charge in [0.1, 0.15) is 0 Å². The highest BCUT2D eigenvalue weighted by Gasteiger charge is 2.04. The molecule has 120 valence electrons. The quantitative estimate of drug-likeness (QED) is 0.306. The number of unbranched alkanes of at least 4 members (excludes halogenated alkanes) is 5. The smallest absolute Gasteiger partial charge is 0.270 e. The van der Waals surface area contributed by atoms with Gasteiger partial charge in [0.15, 0.2) is 0 Å². The van der Waals surface area contributed by atoms with Crippen molar-refractivity contribution >= 4 is 17.7 Å². The van der Waals surface area contributed by atoms with Crippen LogP contribution < -0.4 is 5.32 Å². The zero-order valence-electron chi connectivity index (χ0n) is 13.1. The van der Waals surface area contributed by atoms with E-state index in [0.29, 0.717) is 12.1 Å². The Morgan fingerprint density at radius 2 is 1.95 bits per heavy atom. The van der Waals surface area contributed by atoms with Crippen LogP contribution in [0.1, 0.15) is 51.0 Å². The van der Waals surface area contributed by atoms with Crippen molar-refractivity contribution in [1.29, 1.82) is 0 Å². The normalized spacial score (nSPS) is 10.8. The van der Waals surface area contributed by atoms with Crippen LogP contribution in [-0.2, 0) is 4.79 Å². The summed E-state index contributed by atoms with van der Waals surface area (Å²) < 4.78 is 0. The zero-order chi connectivity index (χ0) is 16.2. The van der Waals surface area contributed by atoms with Gasteiger partial charge in [-0.1, -0.05) is 51.2 Å². The van der Waals surface area contributed by atoms with Gasteiger partial charge < -0.3 is 5.32 Å². The van der Waals surface area contributed by atoms with E-state index in [1.54, 1.807) is 18.2 Å². The van der Waals surface area contributed by atoms with Crippen LogP contribution in [0.15, 0.2) is 30.3 Å². The van der Waals surface area contributed by atoms with Crippen LogP contribution in [0.2, 0.25) is 0 Å². The topological polar surface area (TPSA) is 72.2 Å². The average molecular weight is 304 g/mol. The lowest BCUT2D eigenvalue weighted by atomic mass is 10.1. The van der Waals surface area contributed by atoms with Gasteiger partial charge in [0.05, 0.1) is 4.92 Å². The maximum absolute atomic E-state index is 11.6. The van der Waals surface area contributed by atoms with Crippen LogP contribution >= 0.6 is 0 Å². The summed E-state index contributed by atoms with van der Waals surface area (Å²) in [6.45, 7) is 2.86. The Balaban J connectivity index is 2.27. The number of carbonyl (C=O) groups is 1. The van der Waals surface area contributed by atoms with Crippen molar-refractivity contribution in [1.82, 2.24) is 5.32 Å². The molecule has 0 saturated carbocycles. The third-order valence-electron chi connectivity index (χ3n) is 3.34. The zero-order valence-corrected chi connectivity index (χ0v) is 13.1. The van der Waals surface area contributed by atoms with Crippen molar-refractivity contribution in [3.63, 3.8) is 0 Å². The minimum Gasteiger partial charge on any atom is -0.353 e. The molecule has 22 heavy (non-hydrogen) atoms. The van der Waals surface area contributed by atoms with Crippen molar-refractivity contribution in [3.05, 3.63) is 46.0 Å². The van der Waals surface area contributed by atoms with Gasteiger partial charge in [-0.3, -0.25) is 14.9 Å². The molecule has 0 atom stereocenters. The molecule has 0 aromatic heterocycles. The molecule has 1 aromatic rings. The molecule has 1 aromatic carbocycles. The van der Waals surface area contributed by atoms with Crippen LogP contribution in [0.4, 0.5) is 5.69 Å². The first-order chi connectivity index (χ1) is 10.6. The number of non-ortho nitro benzene ring substituents is 1. The van der Waals surface area contributed by atoms with Crippen molar-refractivity contribution in [2.75, 3.05) is 6.54 Å². The van der Waals surface area contributed by atoms with Gasteiger partial charge in [-0.15, -0.1) is 0 Å². The van der Waals surface area contributed by atoms with E-state index in [-0.39, 0.29) is 11.6 Å². The molecule has 0 aliphatic carbocycles. The number of amides is 1. The van der Waals surface area contributed by atoms with Gasteiger partial charge in [-0.25, -0.2) is 0 Å². The summed E-state index contributed by atoms with van der Waals surface area (Å²) in [5.41, 5.74) is 0.665. The second-order valence-corrected chi connectivity index (χ2v) is 5.24. The molecule has 1 amide bonds.